The molecule has 176 valence electrons. The van der Waals surface area contributed by atoms with Gasteiger partial charge in [0, 0.05) is 12.5 Å². The van der Waals surface area contributed by atoms with Crippen molar-refractivity contribution in [3.8, 4) is 5.75 Å². The average molecular weight is 439 g/mol. The number of allylic oxidation sites excluding steroid dienone is 3. The van der Waals surface area contributed by atoms with Gasteiger partial charge in [-0.3, -0.25) is 9.69 Å². The Labute approximate surface area is 195 Å². The van der Waals surface area contributed by atoms with Crippen LogP contribution in [-0.4, -0.2) is 37.6 Å². The van der Waals surface area contributed by atoms with Gasteiger partial charge in [0.15, 0.2) is 0 Å². The monoisotopic (exact) mass is 438 g/mol. The summed E-state index contributed by atoms with van der Waals surface area (Å²) in [6, 6.07) is 4.36. The van der Waals surface area contributed by atoms with E-state index in [0.717, 1.165) is 68.6 Å². The number of aryl methyl sites for hydroxylation is 1. The minimum Gasteiger partial charge on any atom is -0.496 e. The van der Waals surface area contributed by atoms with Gasteiger partial charge in [-0.05, 0) is 79.1 Å². The standard InChI is InChI=1S/C28H42N2O2/c1-7-9-25-17-26(18-27(32-6)22(25)5)21(4)16-23(11-10-20(3)8-2)19-30-14-12-24(13-15-30)28(29)31/h10-11,16-18,20,24H,4,7-9,12-15,19H2,1-3,5-6H3,(H2,29,31)/b11-10-,23-16+. The summed E-state index contributed by atoms with van der Waals surface area (Å²) in [5, 5.41) is 0. The fraction of sp³-hybridized carbons (Fsp3) is 0.536. The van der Waals surface area contributed by atoms with Crippen molar-refractivity contribution in [2.45, 2.75) is 59.8 Å². The average Bonchev–Trinajstić information content (AvgIpc) is 2.78. The molecule has 32 heavy (non-hydrogen) atoms. The van der Waals surface area contributed by atoms with Crippen LogP contribution in [0.4, 0.5) is 0 Å². The Hall–Kier alpha value is -2.33. The number of carbonyl (C=O) groups excluding carboxylic acids is 1. The second kappa shape index (κ2) is 12.6. The minimum absolute atomic E-state index is 0.0151. The molecule has 1 heterocycles. The van der Waals surface area contributed by atoms with Crippen molar-refractivity contribution < 1.29 is 9.53 Å². The predicted octanol–water partition coefficient (Wildman–Crippen LogP) is 5.70. The summed E-state index contributed by atoms with van der Waals surface area (Å²) >= 11 is 0. The van der Waals surface area contributed by atoms with Gasteiger partial charge in [0.2, 0.25) is 5.91 Å². The van der Waals surface area contributed by atoms with Crippen LogP contribution >= 0.6 is 0 Å². The van der Waals surface area contributed by atoms with E-state index in [1.807, 2.05) is 0 Å². The number of piperidine rings is 1. The first kappa shape index (κ1) is 25.9. The second-order valence-electron chi connectivity index (χ2n) is 9.15. The molecule has 0 aromatic heterocycles. The maximum absolute atomic E-state index is 11.5. The lowest BCUT2D eigenvalue weighted by atomic mass is 9.94. The molecule has 1 unspecified atom stereocenters. The number of nitrogens with zero attached hydrogens (tertiary/aromatic N) is 1. The van der Waals surface area contributed by atoms with Gasteiger partial charge in [-0.15, -0.1) is 0 Å². The molecule has 1 saturated heterocycles. The highest BCUT2D eigenvalue weighted by Gasteiger charge is 2.23. The molecule has 1 aliphatic heterocycles. The van der Waals surface area contributed by atoms with Crippen LogP contribution < -0.4 is 10.5 Å². The smallest absolute Gasteiger partial charge is 0.220 e. The lowest BCUT2D eigenvalue weighted by Crippen LogP contribution is -2.39. The van der Waals surface area contributed by atoms with Gasteiger partial charge in [-0.2, -0.15) is 0 Å². The number of hydrogen-bond donors (Lipinski definition) is 1. The quantitative estimate of drug-likeness (QED) is 0.451. The number of benzene rings is 1. The normalized spacial score (nSPS) is 17.0. The molecule has 0 radical (unpaired) electrons. The second-order valence-corrected chi connectivity index (χ2v) is 9.15. The van der Waals surface area contributed by atoms with E-state index >= 15 is 0 Å². The third kappa shape index (κ3) is 7.37. The topological polar surface area (TPSA) is 55.6 Å². The fourth-order valence-electron chi connectivity index (χ4n) is 4.18. The zero-order valence-corrected chi connectivity index (χ0v) is 20.7. The van der Waals surface area contributed by atoms with Crippen molar-refractivity contribution in [1.29, 1.82) is 0 Å². The van der Waals surface area contributed by atoms with Gasteiger partial charge in [0.1, 0.15) is 5.75 Å². The molecular weight excluding hydrogens is 396 g/mol. The summed E-state index contributed by atoms with van der Waals surface area (Å²) in [5.41, 5.74) is 11.4. The maximum atomic E-state index is 11.5. The van der Waals surface area contributed by atoms with E-state index in [0.29, 0.717) is 5.92 Å². The van der Waals surface area contributed by atoms with Crippen molar-refractivity contribution in [2.24, 2.45) is 17.6 Å². The zero-order valence-electron chi connectivity index (χ0n) is 20.7. The Morgan fingerprint density at radius 3 is 2.56 bits per heavy atom. The predicted molar refractivity (Wildman–Crippen MR) is 136 cm³/mol. The van der Waals surface area contributed by atoms with E-state index in [2.05, 4.69) is 69.5 Å². The highest BCUT2D eigenvalue weighted by atomic mass is 16.5. The molecule has 0 aliphatic carbocycles. The summed E-state index contributed by atoms with van der Waals surface area (Å²) in [6.07, 6.45) is 11.7. The van der Waals surface area contributed by atoms with Gasteiger partial charge in [0.25, 0.3) is 0 Å². The molecule has 0 saturated carbocycles. The fourth-order valence-corrected chi connectivity index (χ4v) is 4.18. The van der Waals surface area contributed by atoms with Gasteiger partial charge < -0.3 is 10.5 Å². The molecule has 1 fully saturated rings. The molecule has 1 aromatic carbocycles. The first-order valence-corrected chi connectivity index (χ1v) is 12.1. The number of primary amides is 1. The molecule has 0 spiro atoms. The first-order valence-electron chi connectivity index (χ1n) is 12.1. The molecule has 1 aliphatic rings. The zero-order chi connectivity index (χ0) is 23.7. The number of ether oxygens (including phenoxy) is 1. The lowest BCUT2D eigenvalue weighted by molar-refractivity contribution is -0.123. The summed E-state index contributed by atoms with van der Waals surface area (Å²) in [5.74, 6) is 1.30. The summed E-state index contributed by atoms with van der Waals surface area (Å²) < 4.78 is 5.65. The molecule has 4 heteroatoms. The van der Waals surface area contributed by atoms with Crippen LogP contribution in [0.1, 0.15) is 63.1 Å². The number of amides is 1. The van der Waals surface area contributed by atoms with Gasteiger partial charge in [0.05, 0.1) is 7.11 Å². The van der Waals surface area contributed by atoms with Crippen molar-refractivity contribution in [3.05, 3.63) is 59.2 Å². The van der Waals surface area contributed by atoms with Crippen LogP contribution in [-0.2, 0) is 11.2 Å². The number of nitrogens with two attached hydrogens (primary N) is 1. The van der Waals surface area contributed by atoms with E-state index in [1.54, 1.807) is 7.11 Å². The first-order chi connectivity index (χ1) is 15.3. The maximum Gasteiger partial charge on any atom is 0.220 e. The molecule has 0 bridgehead atoms. The van der Waals surface area contributed by atoms with Gasteiger partial charge >= 0.3 is 0 Å². The van der Waals surface area contributed by atoms with E-state index in [1.165, 1.54) is 16.7 Å². The number of rotatable bonds is 11. The highest BCUT2D eigenvalue weighted by Crippen LogP contribution is 2.29. The van der Waals surface area contributed by atoms with Crippen molar-refractivity contribution >= 4 is 11.5 Å². The third-order valence-electron chi connectivity index (χ3n) is 6.62. The molecule has 2 rings (SSSR count). The molecule has 1 amide bonds. The van der Waals surface area contributed by atoms with Gasteiger partial charge in [-0.1, -0.05) is 64.5 Å². The van der Waals surface area contributed by atoms with Crippen molar-refractivity contribution in [3.63, 3.8) is 0 Å². The van der Waals surface area contributed by atoms with E-state index in [4.69, 9.17) is 10.5 Å². The van der Waals surface area contributed by atoms with E-state index in [9.17, 15) is 4.79 Å². The largest absolute Gasteiger partial charge is 0.496 e. The van der Waals surface area contributed by atoms with Crippen molar-refractivity contribution in [2.75, 3.05) is 26.7 Å². The Bertz CT molecular complexity index is 845. The van der Waals surface area contributed by atoms with Crippen LogP contribution in [0.2, 0.25) is 0 Å². The third-order valence-corrected chi connectivity index (χ3v) is 6.62. The van der Waals surface area contributed by atoms with Gasteiger partial charge in [-0.25, -0.2) is 0 Å². The summed E-state index contributed by atoms with van der Waals surface area (Å²) in [6.45, 7) is 15.8. The van der Waals surface area contributed by atoms with Crippen LogP contribution in [0.3, 0.4) is 0 Å². The van der Waals surface area contributed by atoms with Crippen LogP contribution in [0.15, 0.2) is 42.5 Å². The lowest BCUT2D eigenvalue weighted by Gasteiger charge is -2.30. The minimum atomic E-state index is -0.165. The molecule has 1 atom stereocenters. The Kier molecular flexibility index (Phi) is 10.2. The molecule has 4 nitrogen and oxygen atoms in total. The Balaban J connectivity index is 2.27. The Morgan fingerprint density at radius 1 is 1.31 bits per heavy atom. The summed E-state index contributed by atoms with van der Waals surface area (Å²) in [4.78, 5) is 13.9. The summed E-state index contributed by atoms with van der Waals surface area (Å²) in [7, 11) is 1.73. The molecular formula is C28H42N2O2. The number of carbonyl (C=O) groups is 1. The molecule has 1 aromatic rings. The van der Waals surface area contributed by atoms with E-state index in [-0.39, 0.29) is 11.8 Å². The van der Waals surface area contributed by atoms with Crippen LogP contribution in [0.5, 0.6) is 5.75 Å². The SMILES string of the molecule is C=C(/C=C(\C=C/C(C)CC)CN1CCC(C(N)=O)CC1)c1cc(CCC)c(C)c(OC)c1. The highest BCUT2D eigenvalue weighted by molar-refractivity contribution is 5.77. The van der Waals surface area contributed by atoms with E-state index < -0.39 is 0 Å². The van der Waals surface area contributed by atoms with Crippen LogP contribution in [0, 0.1) is 18.8 Å². The van der Waals surface area contributed by atoms with Crippen LogP contribution in [0.25, 0.3) is 5.57 Å². The number of methoxy groups -OCH3 is 1. The number of hydrogen-bond acceptors (Lipinski definition) is 3. The molecule has 2 N–H and O–H groups in total. The Morgan fingerprint density at radius 2 is 2.00 bits per heavy atom. The number of likely N-dealkylation sites (tertiary alicyclic amines) is 1. The van der Waals surface area contributed by atoms with Crippen molar-refractivity contribution in [1.82, 2.24) is 4.90 Å².